The summed E-state index contributed by atoms with van der Waals surface area (Å²) in [6, 6.07) is 6.97. The average molecular weight is 273 g/mol. The fourth-order valence-electron chi connectivity index (χ4n) is 1.35. The van der Waals surface area contributed by atoms with Crippen LogP contribution in [0.3, 0.4) is 0 Å². The standard InChI is InChI=1S/C10H8FNO3S2/c11-7-3-1-6(2-4-7)9-5-8(12)10(16-9)17(13,14)15/h1-5H,12H2,(H,13,14,15). The Hall–Kier alpha value is -1.44. The maximum Gasteiger partial charge on any atom is 0.306 e. The van der Waals surface area contributed by atoms with Crippen LogP contribution in [0.4, 0.5) is 10.1 Å². The lowest BCUT2D eigenvalue weighted by Gasteiger charge is -1.95. The topological polar surface area (TPSA) is 80.4 Å². The van der Waals surface area contributed by atoms with Gasteiger partial charge in [-0.1, -0.05) is 12.1 Å². The summed E-state index contributed by atoms with van der Waals surface area (Å²) in [4.78, 5) is 0.551. The zero-order valence-electron chi connectivity index (χ0n) is 8.42. The van der Waals surface area contributed by atoms with E-state index >= 15 is 0 Å². The number of halogens is 1. The van der Waals surface area contributed by atoms with Gasteiger partial charge in [0.1, 0.15) is 5.82 Å². The van der Waals surface area contributed by atoms with Gasteiger partial charge in [-0.3, -0.25) is 4.55 Å². The predicted molar refractivity (Wildman–Crippen MR) is 63.9 cm³/mol. The van der Waals surface area contributed by atoms with Crippen molar-refractivity contribution in [2.24, 2.45) is 0 Å². The molecule has 3 N–H and O–H groups in total. The Morgan fingerprint density at radius 1 is 1.24 bits per heavy atom. The highest BCUT2D eigenvalue weighted by atomic mass is 32.3. The Labute approximate surface area is 101 Å². The van der Waals surface area contributed by atoms with Gasteiger partial charge in [0.25, 0.3) is 0 Å². The highest BCUT2D eigenvalue weighted by molar-refractivity contribution is 7.88. The molecule has 1 aromatic carbocycles. The van der Waals surface area contributed by atoms with Crippen LogP contribution in [0, 0.1) is 5.82 Å². The summed E-state index contributed by atoms with van der Waals surface area (Å²) >= 11 is 0.840. The van der Waals surface area contributed by atoms with Crippen molar-refractivity contribution >= 4 is 27.1 Å². The Morgan fingerprint density at radius 3 is 2.29 bits per heavy atom. The molecule has 0 aliphatic carbocycles. The molecule has 17 heavy (non-hydrogen) atoms. The maximum absolute atomic E-state index is 12.7. The first kappa shape index (κ1) is 12.0. The molecule has 90 valence electrons. The highest BCUT2D eigenvalue weighted by Gasteiger charge is 2.18. The van der Waals surface area contributed by atoms with Gasteiger partial charge in [-0.2, -0.15) is 8.42 Å². The smallest absolute Gasteiger partial charge is 0.306 e. The second-order valence-corrected chi connectivity index (χ2v) is 6.00. The second kappa shape index (κ2) is 4.10. The number of nitrogens with two attached hydrogens (primary N) is 1. The molecular formula is C10H8FNO3S2. The van der Waals surface area contributed by atoms with Crippen molar-refractivity contribution in [2.45, 2.75) is 4.21 Å². The molecule has 0 saturated carbocycles. The van der Waals surface area contributed by atoms with E-state index in [-0.39, 0.29) is 15.7 Å². The third kappa shape index (κ3) is 2.46. The molecule has 1 heterocycles. The van der Waals surface area contributed by atoms with Crippen LogP contribution in [0.1, 0.15) is 0 Å². The van der Waals surface area contributed by atoms with Gasteiger partial charge in [-0.05, 0) is 23.8 Å². The van der Waals surface area contributed by atoms with Crippen LogP contribution >= 0.6 is 11.3 Å². The molecule has 0 spiro atoms. The Kier molecular flexibility index (Phi) is 2.90. The zero-order valence-corrected chi connectivity index (χ0v) is 10.1. The van der Waals surface area contributed by atoms with Gasteiger partial charge in [-0.15, -0.1) is 11.3 Å². The number of anilines is 1. The van der Waals surface area contributed by atoms with E-state index in [9.17, 15) is 12.8 Å². The van der Waals surface area contributed by atoms with Crippen molar-refractivity contribution in [3.05, 3.63) is 36.1 Å². The SMILES string of the molecule is Nc1cc(-c2ccc(F)cc2)sc1S(=O)(=O)O. The Balaban J connectivity index is 2.52. The summed E-state index contributed by atoms with van der Waals surface area (Å²) in [6.07, 6.45) is 0. The Morgan fingerprint density at radius 2 is 1.82 bits per heavy atom. The fourth-order valence-corrected chi connectivity index (χ4v) is 3.21. The molecule has 0 bridgehead atoms. The van der Waals surface area contributed by atoms with Crippen LogP contribution < -0.4 is 5.73 Å². The molecule has 0 amide bonds. The summed E-state index contributed by atoms with van der Waals surface area (Å²) in [5.41, 5.74) is 6.11. The van der Waals surface area contributed by atoms with Crippen molar-refractivity contribution in [1.82, 2.24) is 0 Å². The van der Waals surface area contributed by atoms with Crippen LogP contribution in [-0.2, 0) is 10.1 Å². The molecule has 0 aliphatic rings. The van der Waals surface area contributed by atoms with Crippen LogP contribution in [0.2, 0.25) is 0 Å². The molecule has 0 atom stereocenters. The van der Waals surface area contributed by atoms with Gasteiger partial charge in [0, 0.05) is 4.88 Å². The van der Waals surface area contributed by atoms with Gasteiger partial charge in [0.15, 0.2) is 4.21 Å². The number of hydrogen-bond donors (Lipinski definition) is 2. The monoisotopic (exact) mass is 273 g/mol. The molecule has 1 aromatic heterocycles. The number of hydrogen-bond acceptors (Lipinski definition) is 4. The lowest BCUT2D eigenvalue weighted by Crippen LogP contribution is -1.98. The lowest BCUT2D eigenvalue weighted by molar-refractivity contribution is 0.486. The first-order valence-corrected chi connectivity index (χ1v) is 6.76. The minimum atomic E-state index is -4.31. The fraction of sp³-hybridized carbons (Fsp3) is 0. The van der Waals surface area contributed by atoms with E-state index in [0.717, 1.165) is 11.3 Å². The highest BCUT2D eigenvalue weighted by Crippen LogP contribution is 2.35. The first-order chi connectivity index (χ1) is 7.88. The predicted octanol–water partition coefficient (Wildman–Crippen LogP) is 2.38. The minimum absolute atomic E-state index is 0.0168. The number of nitrogen functional groups attached to an aromatic ring is 1. The van der Waals surface area contributed by atoms with Gasteiger partial charge < -0.3 is 5.73 Å². The summed E-state index contributed by atoms with van der Waals surface area (Å²) in [5, 5.41) is 0. The van der Waals surface area contributed by atoms with Crippen molar-refractivity contribution in [3.8, 4) is 10.4 Å². The molecular weight excluding hydrogens is 265 g/mol. The first-order valence-electron chi connectivity index (χ1n) is 4.50. The zero-order chi connectivity index (χ0) is 12.6. The Bertz CT molecular complexity index is 647. The molecule has 7 heteroatoms. The molecule has 2 aromatic rings. The van der Waals surface area contributed by atoms with Crippen LogP contribution in [0.15, 0.2) is 34.5 Å². The molecule has 0 saturated heterocycles. The lowest BCUT2D eigenvalue weighted by atomic mass is 10.2. The van der Waals surface area contributed by atoms with E-state index in [1.165, 1.54) is 30.3 Å². The number of benzene rings is 1. The molecule has 0 radical (unpaired) electrons. The van der Waals surface area contributed by atoms with Crippen molar-refractivity contribution in [2.75, 3.05) is 5.73 Å². The second-order valence-electron chi connectivity index (χ2n) is 3.34. The summed E-state index contributed by atoms with van der Waals surface area (Å²) < 4.78 is 43.3. The maximum atomic E-state index is 12.7. The van der Waals surface area contributed by atoms with Gasteiger partial charge >= 0.3 is 10.1 Å². The third-order valence-electron chi connectivity index (χ3n) is 2.09. The number of rotatable bonds is 2. The summed E-state index contributed by atoms with van der Waals surface area (Å²) in [6.45, 7) is 0. The van der Waals surface area contributed by atoms with Gasteiger partial charge in [0.05, 0.1) is 5.69 Å². The minimum Gasteiger partial charge on any atom is -0.397 e. The van der Waals surface area contributed by atoms with Crippen molar-refractivity contribution < 1.29 is 17.4 Å². The van der Waals surface area contributed by atoms with Gasteiger partial charge in [0.2, 0.25) is 0 Å². The number of thiophene rings is 1. The van der Waals surface area contributed by atoms with Crippen molar-refractivity contribution in [1.29, 1.82) is 0 Å². The molecule has 0 fully saturated rings. The van der Waals surface area contributed by atoms with Crippen LogP contribution in [0.25, 0.3) is 10.4 Å². The van der Waals surface area contributed by atoms with E-state index in [0.29, 0.717) is 10.4 Å². The van der Waals surface area contributed by atoms with E-state index in [4.69, 9.17) is 10.3 Å². The van der Waals surface area contributed by atoms with E-state index in [2.05, 4.69) is 0 Å². The van der Waals surface area contributed by atoms with Gasteiger partial charge in [-0.25, -0.2) is 4.39 Å². The largest absolute Gasteiger partial charge is 0.397 e. The molecule has 4 nitrogen and oxygen atoms in total. The van der Waals surface area contributed by atoms with Crippen LogP contribution in [0.5, 0.6) is 0 Å². The average Bonchev–Trinajstić information content (AvgIpc) is 2.61. The normalized spacial score (nSPS) is 11.6. The molecule has 0 unspecified atom stereocenters. The van der Waals surface area contributed by atoms with E-state index < -0.39 is 10.1 Å². The molecule has 0 aliphatic heterocycles. The third-order valence-corrected chi connectivity index (χ3v) is 4.67. The van der Waals surface area contributed by atoms with Crippen LogP contribution in [-0.4, -0.2) is 13.0 Å². The summed E-state index contributed by atoms with van der Waals surface area (Å²) in [7, 11) is -4.31. The van der Waals surface area contributed by atoms with E-state index in [1.807, 2.05) is 0 Å². The van der Waals surface area contributed by atoms with Crippen molar-refractivity contribution in [3.63, 3.8) is 0 Å². The summed E-state index contributed by atoms with van der Waals surface area (Å²) in [5.74, 6) is -0.381. The molecule has 2 rings (SSSR count). The van der Waals surface area contributed by atoms with E-state index in [1.54, 1.807) is 0 Å². The quantitative estimate of drug-likeness (QED) is 0.823.